The van der Waals surface area contributed by atoms with E-state index in [-0.39, 0.29) is 0 Å². The monoisotopic (exact) mass is 352 g/mol. The average Bonchev–Trinajstić information content (AvgIpc) is 2.67. The zero-order chi connectivity index (χ0) is 13.4. The Hall–Kier alpha value is -1.10. The molecule has 0 spiro atoms. The summed E-state index contributed by atoms with van der Waals surface area (Å²) >= 11 is 15.1. The van der Waals surface area contributed by atoms with Crippen molar-refractivity contribution in [3.63, 3.8) is 0 Å². The summed E-state index contributed by atoms with van der Waals surface area (Å²) in [6.45, 7) is 0.696. The fourth-order valence-corrected chi connectivity index (χ4v) is 3.13. The minimum atomic E-state index is 0.683. The summed E-state index contributed by atoms with van der Waals surface area (Å²) < 4.78 is 3.76. The number of para-hydroxylation sites is 1. The highest BCUT2D eigenvalue weighted by Gasteiger charge is 2.08. The van der Waals surface area contributed by atoms with Crippen LogP contribution >= 0.6 is 39.7 Å². The van der Waals surface area contributed by atoms with Crippen molar-refractivity contribution in [2.24, 2.45) is 0 Å². The van der Waals surface area contributed by atoms with Crippen LogP contribution in [0.1, 0.15) is 5.56 Å². The Morgan fingerprint density at radius 2 is 2.00 bits per heavy atom. The van der Waals surface area contributed by atoms with Crippen LogP contribution in [0.3, 0.4) is 0 Å². The van der Waals surface area contributed by atoms with Crippen molar-refractivity contribution in [2.45, 2.75) is 6.54 Å². The second kappa shape index (κ2) is 5.12. The molecular weight excluding hydrogens is 344 g/mol. The van der Waals surface area contributed by atoms with Gasteiger partial charge in [-0.3, -0.25) is 0 Å². The van der Waals surface area contributed by atoms with E-state index in [0.717, 1.165) is 15.5 Å². The number of benzene rings is 2. The second-order valence-electron chi connectivity index (χ2n) is 4.28. The molecule has 1 heterocycles. The lowest BCUT2D eigenvalue weighted by atomic mass is 10.2. The van der Waals surface area contributed by atoms with Gasteiger partial charge in [0.05, 0.1) is 22.6 Å². The van der Waals surface area contributed by atoms with Crippen LogP contribution in [0.5, 0.6) is 0 Å². The molecule has 0 aliphatic rings. The highest BCUT2D eigenvalue weighted by Crippen LogP contribution is 2.24. The highest BCUT2D eigenvalue weighted by molar-refractivity contribution is 9.10. The Kier molecular flexibility index (Phi) is 3.48. The maximum atomic E-state index is 6.28. The summed E-state index contributed by atoms with van der Waals surface area (Å²) in [5, 5.41) is 0.708. The van der Waals surface area contributed by atoms with Crippen LogP contribution in [-0.4, -0.2) is 9.55 Å². The molecule has 1 N–H and O–H groups in total. The number of aromatic amines is 1. The average molecular weight is 354 g/mol. The molecule has 0 aliphatic carbocycles. The molecule has 5 heteroatoms. The minimum absolute atomic E-state index is 0.683. The molecule has 0 amide bonds. The molecule has 2 aromatic carbocycles. The van der Waals surface area contributed by atoms with Crippen LogP contribution in [0.15, 0.2) is 46.9 Å². The van der Waals surface area contributed by atoms with Crippen LogP contribution in [0.25, 0.3) is 11.0 Å². The van der Waals surface area contributed by atoms with Gasteiger partial charge in [-0.05, 0) is 42.0 Å². The maximum Gasteiger partial charge on any atom is 0.178 e. The van der Waals surface area contributed by atoms with Gasteiger partial charge in [-0.1, -0.05) is 45.7 Å². The van der Waals surface area contributed by atoms with Crippen molar-refractivity contribution in [3.8, 4) is 0 Å². The van der Waals surface area contributed by atoms with E-state index >= 15 is 0 Å². The van der Waals surface area contributed by atoms with Gasteiger partial charge in [0.15, 0.2) is 4.77 Å². The number of fused-ring (bicyclic) bond motifs is 1. The van der Waals surface area contributed by atoms with Gasteiger partial charge >= 0.3 is 0 Å². The van der Waals surface area contributed by atoms with Gasteiger partial charge in [0.25, 0.3) is 0 Å². The molecule has 0 aliphatic heterocycles. The summed E-state index contributed by atoms with van der Waals surface area (Å²) in [6, 6.07) is 13.9. The predicted molar refractivity (Wildman–Crippen MR) is 85.4 cm³/mol. The lowest BCUT2D eigenvalue weighted by Crippen LogP contribution is -1.99. The molecule has 0 saturated carbocycles. The Morgan fingerprint density at radius 1 is 1.21 bits per heavy atom. The van der Waals surface area contributed by atoms with E-state index in [9.17, 15) is 0 Å². The molecule has 2 nitrogen and oxygen atoms in total. The quantitative estimate of drug-likeness (QED) is 0.631. The van der Waals surface area contributed by atoms with E-state index in [1.165, 1.54) is 5.56 Å². The van der Waals surface area contributed by atoms with Gasteiger partial charge in [-0.2, -0.15) is 0 Å². The smallest absolute Gasteiger partial charge is 0.178 e. The molecule has 19 heavy (non-hydrogen) atoms. The second-order valence-corrected chi connectivity index (χ2v) is 5.99. The third-order valence-electron chi connectivity index (χ3n) is 2.97. The number of aromatic nitrogens is 2. The van der Waals surface area contributed by atoms with Crippen molar-refractivity contribution >= 4 is 50.8 Å². The molecule has 0 saturated heterocycles. The summed E-state index contributed by atoms with van der Waals surface area (Å²) in [5.74, 6) is 0. The van der Waals surface area contributed by atoms with Gasteiger partial charge in [0, 0.05) is 4.47 Å². The third kappa shape index (κ3) is 2.48. The highest BCUT2D eigenvalue weighted by atomic mass is 79.9. The van der Waals surface area contributed by atoms with E-state index in [1.807, 2.05) is 34.9 Å². The van der Waals surface area contributed by atoms with Crippen LogP contribution in [0.2, 0.25) is 5.02 Å². The van der Waals surface area contributed by atoms with E-state index in [2.05, 4.69) is 33.0 Å². The molecule has 0 fully saturated rings. The standard InChI is InChI=1S/C14H10BrClN2S/c15-10-4-1-3-9(7-10)8-18-13-11(16)5-2-6-12(13)17-14(18)19/h1-7H,8H2,(H,17,19). The molecule has 0 bridgehead atoms. The first-order chi connectivity index (χ1) is 9.15. The fourth-order valence-electron chi connectivity index (χ4n) is 2.14. The molecule has 3 rings (SSSR count). The van der Waals surface area contributed by atoms with Crippen molar-refractivity contribution in [3.05, 3.63) is 62.3 Å². The van der Waals surface area contributed by atoms with Crippen molar-refractivity contribution in [2.75, 3.05) is 0 Å². The summed E-state index contributed by atoms with van der Waals surface area (Å²) in [7, 11) is 0. The number of H-pyrrole nitrogens is 1. The van der Waals surface area contributed by atoms with E-state index in [1.54, 1.807) is 0 Å². The number of hydrogen-bond donors (Lipinski definition) is 1. The van der Waals surface area contributed by atoms with Crippen molar-refractivity contribution < 1.29 is 0 Å². The van der Waals surface area contributed by atoms with Crippen LogP contribution < -0.4 is 0 Å². The molecule has 1 aromatic heterocycles. The normalized spacial score (nSPS) is 11.1. The van der Waals surface area contributed by atoms with E-state index in [4.69, 9.17) is 23.8 Å². The predicted octanol–water partition coefficient (Wildman–Crippen LogP) is 5.16. The van der Waals surface area contributed by atoms with E-state index in [0.29, 0.717) is 16.3 Å². The van der Waals surface area contributed by atoms with Gasteiger partial charge in [0.1, 0.15) is 0 Å². The summed E-state index contributed by atoms with van der Waals surface area (Å²) in [5.41, 5.74) is 3.09. The van der Waals surface area contributed by atoms with Crippen LogP contribution in [-0.2, 0) is 6.54 Å². The first-order valence-corrected chi connectivity index (χ1v) is 7.34. The summed E-state index contributed by atoms with van der Waals surface area (Å²) in [4.78, 5) is 3.18. The SMILES string of the molecule is S=c1[nH]c2cccc(Cl)c2n1Cc1cccc(Br)c1. The number of halogens is 2. The number of rotatable bonds is 2. The molecule has 0 unspecified atom stereocenters. The number of imidazole rings is 1. The molecule has 0 radical (unpaired) electrons. The zero-order valence-corrected chi connectivity index (χ0v) is 13.0. The van der Waals surface area contributed by atoms with Crippen molar-refractivity contribution in [1.82, 2.24) is 9.55 Å². The van der Waals surface area contributed by atoms with Gasteiger partial charge in [-0.25, -0.2) is 0 Å². The summed E-state index contributed by atoms with van der Waals surface area (Å²) in [6.07, 6.45) is 0. The lowest BCUT2D eigenvalue weighted by molar-refractivity contribution is 0.810. The Bertz CT molecular complexity index is 807. The van der Waals surface area contributed by atoms with E-state index < -0.39 is 0 Å². The van der Waals surface area contributed by atoms with Gasteiger partial charge in [0.2, 0.25) is 0 Å². The molecular formula is C14H10BrClN2S. The fraction of sp³-hybridized carbons (Fsp3) is 0.0714. The molecule has 0 atom stereocenters. The zero-order valence-electron chi connectivity index (χ0n) is 9.86. The Labute approximate surface area is 129 Å². The minimum Gasteiger partial charge on any atom is -0.331 e. The Morgan fingerprint density at radius 3 is 2.79 bits per heavy atom. The van der Waals surface area contributed by atoms with Gasteiger partial charge < -0.3 is 9.55 Å². The number of hydrogen-bond acceptors (Lipinski definition) is 1. The first kappa shape index (κ1) is 12.9. The molecule has 3 aromatic rings. The topological polar surface area (TPSA) is 20.7 Å². The Balaban J connectivity index is 2.15. The number of nitrogens with one attached hydrogen (secondary N) is 1. The number of nitrogens with zero attached hydrogens (tertiary/aromatic N) is 1. The maximum absolute atomic E-state index is 6.28. The third-order valence-corrected chi connectivity index (χ3v) is 4.09. The van der Waals surface area contributed by atoms with Crippen molar-refractivity contribution in [1.29, 1.82) is 0 Å². The molecule has 96 valence electrons. The largest absolute Gasteiger partial charge is 0.331 e. The van der Waals surface area contributed by atoms with Crippen LogP contribution in [0.4, 0.5) is 0 Å². The van der Waals surface area contributed by atoms with Gasteiger partial charge in [-0.15, -0.1) is 0 Å². The first-order valence-electron chi connectivity index (χ1n) is 5.76. The van der Waals surface area contributed by atoms with Crippen LogP contribution in [0, 0.1) is 4.77 Å². The lowest BCUT2D eigenvalue weighted by Gasteiger charge is -2.06.